The third-order valence-corrected chi connectivity index (χ3v) is 2.84. The monoisotopic (exact) mass is 202 g/mol. The minimum atomic E-state index is 0.176. The van der Waals surface area contributed by atoms with Gasteiger partial charge in [-0.05, 0) is 13.0 Å². The van der Waals surface area contributed by atoms with Gasteiger partial charge in [0, 0.05) is 25.2 Å². The van der Waals surface area contributed by atoms with Gasteiger partial charge >= 0.3 is 0 Å². The first-order valence-electron chi connectivity index (χ1n) is 5.51. The molecule has 0 aromatic heterocycles. The number of hydrogen-bond donors (Lipinski definition) is 3. The van der Waals surface area contributed by atoms with Crippen LogP contribution in [0.2, 0.25) is 0 Å². The first kappa shape index (κ1) is 11.9. The fraction of sp³-hybridized carbons (Fsp3) is 1.00. The lowest BCUT2D eigenvalue weighted by Gasteiger charge is -2.39. The van der Waals surface area contributed by atoms with Gasteiger partial charge in [0.05, 0.1) is 13.2 Å². The molecule has 2 unspecified atom stereocenters. The van der Waals surface area contributed by atoms with Gasteiger partial charge in [0.25, 0.3) is 0 Å². The first-order valence-corrected chi connectivity index (χ1v) is 5.51. The summed E-state index contributed by atoms with van der Waals surface area (Å²) in [4.78, 5) is 2.28. The minimum absolute atomic E-state index is 0.176. The summed E-state index contributed by atoms with van der Waals surface area (Å²) >= 11 is 0. The standard InChI is InChI=1S/C10H22N2O2/c1-2-3-4-12-6-9(7-13)11-5-10(12)8-14/h9-11,13-14H,2-8H2,1H3. The van der Waals surface area contributed by atoms with Crippen LogP contribution < -0.4 is 5.32 Å². The van der Waals surface area contributed by atoms with Gasteiger partial charge in [-0.2, -0.15) is 0 Å². The van der Waals surface area contributed by atoms with E-state index in [1.54, 1.807) is 0 Å². The second-order valence-corrected chi connectivity index (χ2v) is 3.97. The number of aliphatic hydroxyl groups is 2. The maximum atomic E-state index is 9.18. The maximum Gasteiger partial charge on any atom is 0.0599 e. The molecule has 4 nitrogen and oxygen atoms in total. The Morgan fingerprint density at radius 3 is 2.71 bits per heavy atom. The Kier molecular flexibility index (Phi) is 5.40. The zero-order valence-electron chi connectivity index (χ0n) is 8.95. The Labute approximate surface area is 85.9 Å². The van der Waals surface area contributed by atoms with E-state index in [0.29, 0.717) is 0 Å². The lowest BCUT2D eigenvalue weighted by atomic mass is 10.1. The van der Waals surface area contributed by atoms with Gasteiger partial charge in [-0.1, -0.05) is 13.3 Å². The first-order chi connectivity index (χ1) is 6.81. The van der Waals surface area contributed by atoms with Gasteiger partial charge in [-0.3, -0.25) is 4.90 Å². The average Bonchev–Trinajstić information content (AvgIpc) is 2.25. The van der Waals surface area contributed by atoms with E-state index in [0.717, 1.165) is 26.1 Å². The van der Waals surface area contributed by atoms with Crippen molar-refractivity contribution in [2.24, 2.45) is 0 Å². The molecule has 84 valence electrons. The van der Waals surface area contributed by atoms with Crippen molar-refractivity contribution < 1.29 is 10.2 Å². The van der Waals surface area contributed by atoms with E-state index in [4.69, 9.17) is 5.11 Å². The zero-order chi connectivity index (χ0) is 10.4. The zero-order valence-corrected chi connectivity index (χ0v) is 8.95. The van der Waals surface area contributed by atoms with Gasteiger partial charge in [-0.25, -0.2) is 0 Å². The normalized spacial score (nSPS) is 29.4. The maximum absolute atomic E-state index is 9.18. The van der Waals surface area contributed by atoms with Crippen molar-refractivity contribution in [3.8, 4) is 0 Å². The van der Waals surface area contributed by atoms with E-state index in [9.17, 15) is 5.11 Å². The van der Waals surface area contributed by atoms with E-state index < -0.39 is 0 Å². The number of piperazine rings is 1. The summed E-state index contributed by atoms with van der Waals surface area (Å²) in [5.41, 5.74) is 0. The summed E-state index contributed by atoms with van der Waals surface area (Å²) in [6, 6.07) is 0.402. The Morgan fingerprint density at radius 1 is 1.36 bits per heavy atom. The molecular weight excluding hydrogens is 180 g/mol. The summed E-state index contributed by atoms with van der Waals surface area (Å²) in [6.07, 6.45) is 2.33. The highest BCUT2D eigenvalue weighted by Crippen LogP contribution is 2.08. The van der Waals surface area contributed by atoms with Gasteiger partial charge in [0.2, 0.25) is 0 Å². The van der Waals surface area contributed by atoms with E-state index >= 15 is 0 Å². The van der Waals surface area contributed by atoms with Crippen molar-refractivity contribution in [1.29, 1.82) is 0 Å². The van der Waals surface area contributed by atoms with Crippen LogP contribution in [0.15, 0.2) is 0 Å². The van der Waals surface area contributed by atoms with Gasteiger partial charge < -0.3 is 15.5 Å². The number of nitrogens with zero attached hydrogens (tertiary/aromatic N) is 1. The molecule has 3 N–H and O–H groups in total. The molecule has 0 amide bonds. The molecule has 1 saturated heterocycles. The highest BCUT2D eigenvalue weighted by molar-refractivity contribution is 4.85. The quantitative estimate of drug-likeness (QED) is 0.558. The highest BCUT2D eigenvalue weighted by Gasteiger charge is 2.25. The van der Waals surface area contributed by atoms with Crippen LogP contribution in [-0.4, -0.2) is 60.0 Å². The molecular formula is C10H22N2O2. The number of unbranched alkanes of at least 4 members (excludes halogenated alkanes) is 1. The van der Waals surface area contributed by atoms with Crippen LogP contribution in [0.1, 0.15) is 19.8 Å². The topological polar surface area (TPSA) is 55.7 Å². The number of aliphatic hydroxyl groups excluding tert-OH is 2. The van der Waals surface area contributed by atoms with E-state index in [2.05, 4.69) is 17.1 Å². The SMILES string of the molecule is CCCCN1CC(CO)NCC1CO. The summed E-state index contributed by atoms with van der Waals surface area (Å²) in [5.74, 6) is 0. The van der Waals surface area contributed by atoms with Crippen LogP contribution in [0.3, 0.4) is 0 Å². The van der Waals surface area contributed by atoms with Crippen LogP contribution in [0.4, 0.5) is 0 Å². The molecule has 14 heavy (non-hydrogen) atoms. The summed E-state index contributed by atoms with van der Waals surface area (Å²) in [6.45, 7) is 5.21. The Morgan fingerprint density at radius 2 is 2.14 bits per heavy atom. The van der Waals surface area contributed by atoms with Crippen molar-refractivity contribution >= 4 is 0 Å². The van der Waals surface area contributed by atoms with Crippen molar-refractivity contribution in [2.75, 3.05) is 32.8 Å². The van der Waals surface area contributed by atoms with Gasteiger partial charge in [0.1, 0.15) is 0 Å². The van der Waals surface area contributed by atoms with E-state index in [1.165, 1.54) is 6.42 Å². The van der Waals surface area contributed by atoms with Crippen molar-refractivity contribution in [3.05, 3.63) is 0 Å². The van der Waals surface area contributed by atoms with Gasteiger partial charge in [0.15, 0.2) is 0 Å². The average molecular weight is 202 g/mol. The second kappa shape index (κ2) is 6.35. The molecule has 1 aliphatic heterocycles. The fourth-order valence-electron chi connectivity index (χ4n) is 1.87. The summed E-state index contributed by atoms with van der Waals surface area (Å²) in [5, 5.41) is 21.4. The molecule has 1 aliphatic rings. The molecule has 0 aromatic rings. The van der Waals surface area contributed by atoms with Crippen LogP contribution in [-0.2, 0) is 0 Å². The molecule has 1 rings (SSSR count). The summed E-state index contributed by atoms with van der Waals surface area (Å²) in [7, 11) is 0. The Hall–Kier alpha value is -0.160. The van der Waals surface area contributed by atoms with Crippen molar-refractivity contribution in [2.45, 2.75) is 31.8 Å². The second-order valence-electron chi connectivity index (χ2n) is 3.97. The van der Waals surface area contributed by atoms with Crippen LogP contribution >= 0.6 is 0 Å². The lowest BCUT2D eigenvalue weighted by molar-refractivity contribution is 0.0636. The number of rotatable bonds is 5. The molecule has 0 aromatic carbocycles. The largest absolute Gasteiger partial charge is 0.395 e. The lowest BCUT2D eigenvalue weighted by Crippen LogP contribution is -2.58. The van der Waals surface area contributed by atoms with Crippen molar-refractivity contribution in [1.82, 2.24) is 10.2 Å². The molecule has 0 saturated carbocycles. The Bertz CT molecular complexity index is 155. The molecule has 2 atom stereocenters. The van der Waals surface area contributed by atoms with Crippen LogP contribution in [0.5, 0.6) is 0 Å². The molecule has 1 heterocycles. The number of nitrogens with one attached hydrogen (secondary N) is 1. The molecule has 1 fully saturated rings. The van der Waals surface area contributed by atoms with E-state index in [1.807, 2.05) is 0 Å². The van der Waals surface area contributed by atoms with Crippen LogP contribution in [0, 0.1) is 0 Å². The molecule has 0 bridgehead atoms. The molecule has 4 heteroatoms. The minimum Gasteiger partial charge on any atom is -0.395 e. The smallest absolute Gasteiger partial charge is 0.0599 e. The van der Waals surface area contributed by atoms with Crippen molar-refractivity contribution in [3.63, 3.8) is 0 Å². The molecule has 0 radical (unpaired) electrons. The number of hydrogen-bond acceptors (Lipinski definition) is 4. The highest BCUT2D eigenvalue weighted by atomic mass is 16.3. The third kappa shape index (κ3) is 3.20. The third-order valence-electron chi connectivity index (χ3n) is 2.84. The predicted molar refractivity (Wildman–Crippen MR) is 56.2 cm³/mol. The molecule has 0 spiro atoms. The Balaban J connectivity index is 2.38. The molecule has 0 aliphatic carbocycles. The van der Waals surface area contributed by atoms with E-state index in [-0.39, 0.29) is 25.3 Å². The van der Waals surface area contributed by atoms with Gasteiger partial charge in [-0.15, -0.1) is 0 Å². The van der Waals surface area contributed by atoms with Crippen LogP contribution in [0.25, 0.3) is 0 Å². The summed E-state index contributed by atoms with van der Waals surface area (Å²) < 4.78 is 0. The fourth-order valence-corrected chi connectivity index (χ4v) is 1.87. The predicted octanol–water partition coefficient (Wildman–Crippen LogP) is -0.586.